The second kappa shape index (κ2) is 4.38. The molecule has 2 N–H and O–H groups in total. The summed E-state index contributed by atoms with van der Waals surface area (Å²) in [7, 11) is 0. The Hall–Kier alpha value is -1.81. The standard InChI is InChI=1S/C15H12BrNO2/c16-11-7-8-15(14(18)19,17-9-11)13-6-5-10-3-1-2-4-12(10)13/h1-4,6-9,17H,5H2,(H,18,19). The first kappa shape index (κ1) is 12.2. The fraction of sp³-hybridized carbons (Fsp3) is 0.133. The maximum atomic E-state index is 11.8. The van der Waals surface area contributed by atoms with Gasteiger partial charge in [-0.05, 0) is 51.2 Å². The summed E-state index contributed by atoms with van der Waals surface area (Å²) < 4.78 is 0.830. The molecule has 3 rings (SSSR count). The Morgan fingerprint density at radius 2 is 2.16 bits per heavy atom. The van der Waals surface area contributed by atoms with Crippen molar-refractivity contribution in [2.45, 2.75) is 12.0 Å². The molecule has 1 aromatic carbocycles. The van der Waals surface area contributed by atoms with Crippen LogP contribution in [0.4, 0.5) is 0 Å². The minimum Gasteiger partial charge on any atom is -0.479 e. The Morgan fingerprint density at radius 3 is 2.84 bits per heavy atom. The smallest absolute Gasteiger partial charge is 0.338 e. The largest absolute Gasteiger partial charge is 0.479 e. The topological polar surface area (TPSA) is 49.3 Å². The van der Waals surface area contributed by atoms with Crippen molar-refractivity contribution in [3.05, 3.63) is 64.3 Å². The Balaban J connectivity index is 2.10. The highest BCUT2D eigenvalue weighted by Crippen LogP contribution is 2.38. The first-order valence-corrected chi connectivity index (χ1v) is 6.78. The molecule has 2 aliphatic rings. The van der Waals surface area contributed by atoms with Crippen LogP contribution in [-0.4, -0.2) is 16.6 Å². The number of carbonyl (C=O) groups is 1. The molecular weight excluding hydrogens is 306 g/mol. The molecule has 1 aromatic rings. The molecule has 0 amide bonds. The van der Waals surface area contributed by atoms with E-state index in [1.807, 2.05) is 30.3 Å². The second-order valence-electron chi connectivity index (χ2n) is 4.60. The Morgan fingerprint density at radius 1 is 1.37 bits per heavy atom. The van der Waals surface area contributed by atoms with Crippen LogP contribution in [0.5, 0.6) is 0 Å². The number of dihydropyridines is 1. The predicted molar refractivity (Wildman–Crippen MR) is 77.8 cm³/mol. The number of nitrogens with one attached hydrogen (secondary N) is 1. The average Bonchev–Trinajstić information content (AvgIpc) is 2.84. The normalized spacial score (nSPS) is 24.3. The van der Waals surface area contributed by atoms with E-state index in [-0.39, 0.29) is 0 Å². The molecule has 0 radical (unpaired) electrons. The van der Waals surface area contributed by atoms with Crippen LogP contribution in [0.3, 0.4) is 0 Å². The van der Waals surface area contributed by atoms with Gasteiger partial charge in [-0.1, -0.05) is 30.3 Å². The van der Waals surface area contributed by atoms with Crippen LogP contribution in [0.1, 0.15) is 11.1 Å². The number of aliphatic carboxylic acids is 1. The van der Waals surface area contributed by atoms with E-state index in [1.54, 1.807) is 18.4 Å². The van der Waals surface area contributed by atoms with Crippen molar-refractivity contribution in [3.63, 3.8) is 0 Å². The average molecular weight is 318 g/mol. The fourth-order valence-corrected chi connectivity index (χ4v) is 2.80. The van der Waals surface area contributed by atoms with E-state index in [9.17, 15) is 9.90 Å². The molecule has 1 heterocycles. The van der Waals surface area contributed by atoms with Crippen molar-refractivity contribution < 1.29 is 9.90 Å². The van der Waals surface area contributed by atoms with Crippen LogP contribution in [-0.2, 0) is 11.2 Å². The summed E-state index contributed by atoms with van der Waals surface area (Å²) in [5.41, 5.74) is 1.81. The number of carboxylic acid groups (broad SMARTS) is 1. The molecule has 1 atom stereocenters. The molecule has 19 heavy (non-hydrogen) atoms. The predicted octanol–water partition coefficient (Wildman–Crippen LogP) is 2.85. The van der Waals surface area contributed by atoms with Crippen molar-refractivity contribution in [1.29, 1.82) is 0 Å². The lowest BCUT2D eigenvalue weighted by Gasteiger charge is -2.31. The maximum Gasteiger partial charge on any atom is 0.338 e. The second-order valence-corrected chi connectivity index (χ2v) is 5.51. The highest BCUT2D eigenvalue weighted by molar-refractivity contribution is 9.11. The molecular formula is C15H12BrNO2. The number of halogens is 1. The van der Waals surface area contributed by atoms with Gasteiger partial charge in [0.25, 0.3) is 0 Å². The van der Waals surface area contributed by atoms with Gasteiger partial charge in [-0.3, -0.25) is 0 Å². The minimum atomic E-state index is -1.18. The summed E-state index contributed by atoms with van der Waals surface area (Å²) in [5, 5.41) is 12.7. The zero-order valence-corrected chi connectivity index (χ0v) is 11.6. The highest BCUT2D eigenvalue weighted by Gasteiger charge is 2.42. The summed E-state index contributed by atoms with van der Waals surface area (Å²) >= 11 is 3.33. The molecule has 1 aliphatic heterocycles. The quantitative estimate of drug-likeness (QED) is 0.881. The summed E-state index contributed by atoms with van der Waals surface area (Å²) in [4.78, 5) is 11.8. The third-order valence-corrected chi connectivity index (χ3v) is 4.02. The molecule has 3 nitrogen and oxygen atoms in total. The molecule has 0 spiro atoms. The van der Waals surface area contributed by atoms with Crippen LogP contribution in [0, 0.1) is 0 Å². The minimum absolute atomic E-state index is 0.779. The summed E-state index contributed by atoms with van der Waals surface area (Å²) in [5.74, 6) is -0.900. The molecule has 1 aliphatic carbocycles. The van der Waals surface area contributed by atoms with Crippen LogP contribution in [0.25, 0.3) is 5.57 Å². The number of carboxylic acids is 1. The first-order valence-electron chi connectivity index (χ1n) is 5.98. The molecule has 1 unspecified atom stereocenters. The third kappa shape index (κ3) is 1.83. The number of rotatable bonds is 2. The molecule has 0 bridgehead atoms. The number of benzene rings is 1. The van der Waals surface area contributed by atoms with E-state index in [0.29, 0.717) is 0 Å². The van der Waals surface area contributed by atoms with Gasteiger partial charge >= 0.3 is 5.97 Å². The number of allylic oxidation sites excluding steroid dienone is 3. The van der Waals surface area contributed by atoms with E-state index in [1.165, 1.54) is 5.56 Å². The summed E-state index contributed by atoms with van der Waals surface area (Å²) in [6.07, 6.45) is 7.90. The lowest BCUT2D eigenvalue weighted by molar-refractivity contribution is -0.140. The van der Waals surface area contributed by atoms with Crippen molar-refractivity contribution in [2.24, 2.45) is 0 Å². The summed E-state index contributed by atoms with van der Waals surface area (Å²) in [6, 6.07) is 7.92. The van der Waals surface area contributed by atoms with Gasteiger partial charge in [0.2, 0.25) is 0 Å². The fourth-order valence-electron chi connectivity index (χ4n) is 2.56. The van der Waals surface area contributed by atoms with E-state index < -0.39 is 11.5 Å². The van der Waals surface area contributed by atoms with E-state index in [2.05, 4.69) is 21.2 Å². The molecule has 0 saturated heterocycles. The molecule has 0 aromatic heterocycles. The highest BCUT2D eigenvalue weighted by atomic mass is 79.9. The Labute approximate surface area is 119 Å². The van der Waals surface area contributed by atoms with E-state index in [4.69, 9.17) is 0 Å². The van der Waals surface area contributed by atoms with Crippen LogP contribution in [0.2, 0.25) is 0 Å². The van der Waals surface area contributed by atoms with Crippen LogP contribution in [0.15, 0.2) is 53.2 Å². The van der Waals surface area contributed by atoms with Gasteiger partial charge in [-0.2, -0.15) is 0 Å². The van der Waals surface area contributed by atoms with Crippen molar-refractivity contribution >= 4 is 27.5 Å². The monoisotopic (exact) mass is 317 g/mol. The first-order chi connectivity index (χ1) is 9.13. The lowest BCUT2D eigenvalue weighted by Crippen LogP contribution is -2.50. The van der Waals surface area contributed by atoms with Crippen LogP contribution >= 0.6 is 15.9 Å². The van der Waals surface area contributed by atoms with Gasteiger partial charge < -0.3 is 10.4 Å². The van der Waals surface area contributed by atoms with Gasteiger partial charge in [-0.25, -0.2) is 4.79 Å². The van der Waals surface area contributed by atoms with E-state index in [0.717, 1.165) is 22.0 Å². The zero-order valence-electron chi connectivity index (χ0n) is 10.1. The number of hydrogen-bond acceptors (Lipinski definition) is 2. The molecule has 96 valence electrons. The van der Waals surface area contributed by atoms with Crippen molar-refractivity contribution in [3.8, 4) is 0 Å². The SMILES string of the molecule is O=C(O)C1(C2=CCc3ccccc32)C=CC(Br)=CN1. The number of fused-ring (bicyclic) bond motifs is 1. The molecule has 0 saturated carbocycles. The molecule has 0 fully saturated rings. The van der Waals surface area contributed by atoms with Crippen molar-refractivity contribution in [2.75, 3.05) is 0 Å². The van der Waals surface area contributed by atoms with Gasteiger partial charge in [0.1, 0.15) is 0 Å². The van der Waals surface area contributed by atoms with Gasteiger partial charge in [-0.15, -0.1) is 0 Å². The zero-order chi connectivity index (χ0) is 13.5. The van der Waals surface area contributed by atoms with Crippen LogP contribution < -0.4 is 5.32 Å². The Kier molecular flexibility index (Phi) is 2.82. The van der Waals surface area contributed by atoms with Gasteiger partial charge in [0.05, 0.1) is 0 Å². The third-order valence-electron chi connectivity index (χ3n) is 3.53. The van der Waals surface area contributed by atoms with E-state index >= 15 is 0 Å². The maximum absolute atomic E-state index is 11.8. The lowest BCUT2D eigenvalue weighted by atomic mass is 9.84. The number of hydrogen-bond donors (Lipinski definition) is 2. The molecule has 4 heteroatoms. The van der Waals surface area contributed by atoms with Gasteiger partial charge in [0.15, 0.2) is 5.54 Å². The van der Waals surface area contributed by atoms with Gasteiger partial charge in [0, 0.05) is 10.7 Å². The summed E-state index contributed by atoms with van der Waals surface area (Å²) in [6.45, 7) is 0. The van der Waals surface area contributed by atoms with Crippen molar-refractivity contribution in [1.82, 2.24) is 5.32 Å². The Bertz CT molecular complexity index is 645.